The summed E-state index contributed by atoms with van der Waals surface area (Å²) in [5, 5.41) is 5.99. The van der Waals surface area contributed by atoms with Crippen LogP contribution in [0.2, 0.25) is 5.02 Å². The number of carbonyl (C=O) groups excluding carboxylic acids is 2. The fourth-order valence-corrected chi connectivity index (χ4v) is 2.09. The third kappa shape index (κ3) is 4.09. The number of anilines is 1. The molecule has 0 heterocycles. The van der Waals surface area contributed by atoms with Crippen LogP contribution in [0.3, 0.4) is 0 Å². The molecule has 5 heteroatoms. The number of halogens is 1. The molecule has 0 unspecified atom stereocenters. The Kier molecular flexibility index (Phi) is 5.17. The Labute approximate surface area is 134 Å². The summed E-state index contributed by atoms with van der Waals surface area (Å²) >= 11 is 6.02. The predicted octanol–water partition coefficient (Wildman–Crippen LogP) is 3.73. The Morgan fingerprint density at radius 2 is 1.59 bits per heavy atom. The Balaban J connectivity index is 2.17. The van der Waals surface area contributed by atoms with Crippen LogP contribution in [-0.4, -0.2) is 17.9 Å². The first kappa shape index (κ1) is 16.0. The van der Waals surface area contributed by atoms with E-state index in [1.807, 2.05) is 13.8 Å². The number of benzene rings is 2. The predicted molar refractivity (Wildman–Crippen MR) is 88.4 cm³/mol. The summed E-state index contributed by atoms with van der Waals surface area (Å²) in [5.41, 5.74) is 1.38. The van der Waals surface area contributed by atoms with Crippen molar-refractivity contribution >= 4 is 29.1 Å². The van der Waals surface area contributed by atoms with Gasteiger partial charge in [0.1, 0.15) is 0 Å². The van der Waals surface area contributed by atoms with Crippen molar-refractivity contribution in [2.45, 2.75) is 19.9 Å². The number of nitrogens with one attached hydrogen (secondary N) is 2. The quantitative estimate of drug-likeness (QED) is 0.903. The number of hydrogen-bond acceptors (Lipinski definition) is 2. The topological polar surface area (TPSA) is 58.2 Å². The van der Waals surface area contributed by atoms with Gasteiger partial charge < -0.3 is 10.6 Å². The SMILES string of the molecule is CC(C)NC(=O)c1cccc(C(=O)Nc2ccccc2Cl)c1. The van der Waals surface area contributed by atoms with Gasteiger partial charge in [-0.15, -0.1) is 0 Å². The molecule has 4 nitrogen and oxygen atoms in total. The van der Waals surface area contributed by atoms with Crippen molar-refractivity contribution in [3.63, 3.8) is 0 Å². The molecule has 114 valence electrons. The minimum atomic E-state index is -0.313. The van der Waals surface area contributed by atoms with E-state index in [4.69, 9.17) is 11.6 Å². The Morgan fingerprint density at radius 3 is 2.23 bits per heavy atom. The molecule has 0 atom stereocenters. The van der Waals surface area contributed by atoms with E-state index in [1.54, 1.807) is 48.5 Å². The summed E-state index contributed by atoms with van der Waals surface area (Å²) in [5.74, 6) is -0.519. The molecule has 22 heavy (non-hydrogen) atoms. The number of rotatable bonds is 4. The molecule has 0 bridgehead atoms. The average Bonchev–Trinajstić information content (AvgIpc) is 2.49. The normalized spacial score (nSPS) is 10.4. The van der Waals surface area contributed by atoms with Crippen LogP contribution in [0.4, 0.5) is 5.69 Å². The average molecular weight is 317 g/mol. The molecule has 0 fully saturated rings. The lowest BCUT2D eigenvalue weighted by molar-refractivity contribution is 0.0943. The second-order valence-electron chi connectivity index (χ2n) is 5.14. The van der Waals surface area contributed by atoms with Crippen molar-refractivity contribution in [1.29, 1.82) is 0 Å². The monoisotopic (exact) mass is 316 g/mol. The first-order valence-corrected chi connectivity index (χ1v) is 7.32. The number of para-hydroxylation sites is 1. The number of hydrogen-bond donors (Lipinski definition) is 2. The maximum Gasteiger partial charge on any atom is 0.255 e. The van der Waals surface area contributed by atoms with E-state index in [0.29, 0.717) is 21.8 Å². The Bertz CT molecular complexity index is 699. The van der Waals surface area contributed by atoms with E-state index in [0.717, 1.165) is 0 Å². The summed E-state index contributed by atoms with van der Waals surface area (Å²) in [4.78, 5) is 24.2. The van der Waals surface area contributed by atoms with Crippen LogP contribution in [0.5, 0.6) is 0 Å². The van der Waals surface area contributed by atoms with Crippen molar-refractivity contribution in [2.75, 3.05) is 5.32 Å². The van der Waals surface area contributed by atoms with Gasteiger partial charge in [0.25, 0.3) is 11.8 Å². The highest BCUT2D eigenvalue weighted by molar-refractivity contribution is 6.33. The molecule has 0 aliphatic carbocycles. The fourth-order valence-electron chi connectivity index (χ4n) is 1.90. The molecule has 2 N–H and O–H groups in total. The van der Waals surface area contributed by atoms with Gasteiger partial charge in [0, 0.05) is 17.2 Å². The van der Waals surface area contributed by atoms with Crippen molar-refractivity contribution in [2.24, 2.45) is 0 Å². The van der Waals surface area contributed by atoms with E-state index >= 15 is 0 Å². The van der Waals surface area contributed by atoms with E-state index in [2.05, 4.69) is 10.6 Å². The molecular formula is C17H17ClN2O2. The number of carbonyl (C=O) groups is 2. The molecule has 0 saturated heterocycles. The molecule has 0 radical (unpaired) electrons. The minimum absolute atomic E-state index is 0.0353. The second kappa shape index (κ2) is 7.09. The van der Waals surface area contributed by atoms with E-state index < -0.39 is 0 Å². The third-order valence-corrected chi connectivity index (χ3v) is 3.26. The van der Waals surface area contributed by atoms with Gasteiger partial charge >= 0.3 is 0 Å². The number of amides is 2. The molecule has 0 aliphatic heterocycles. The van der Waals surface area contributed by atoms with Gasteiger partial charge in [-0.2, -0.15) is 0 Å². The third-order valence-electron chi connectivity index (χ3n) is 2.93. The molecule has 0 saturated carbocycles. The molecule has 0 spiro atoms. The van der Waals surface area contributed by atoms with Gasteiger partial charge in [0.05, 0.1) is 10.7 Å². The van der Waals surface area contributed by atoms with Crippen LogP contribution in [0, 0.1) is 0 Å². The highest BCUT2D eigenvalue weighted by atomic mass is 35.5. The lowest BCUT2D eigenvalue weighted by atomic mass is 10.1. The lowest BCUT2D eigenvalue weighted by Gasteiger charge is -2.10. The van der Waals surface area contributed by atoms with Crippen LogP contribution in [-0.2, 0) is 0 Å². The first-order valence-electron chi connectivity index (χ1n) is 6.94. The molecule has 2 rings (SSSR count). The Morgan fingerprint density at radius 1 is 0.955 bits per heavy atom. The zero-order chi connectivity index (χ0) is 16.1. The summed E-state index contributed by atoms with van der Waals surface area (Å²) < 4.78 is 0. The van der Waals surface area contributed by atoms with Crippen LogP contribution >= 0.6 is 11.6 Å². The minimum Gasteiger partial charge on any atom is -0.350 e. The Hall–Kier alpha value is -2.33. The summed E-state index contributed by atoms with van der Waals surface area (Å²) in [6.07, 6.45) is 0. The van der Waals surface area contributed by atoms with Crippen LogP contribution in [0.15, 0.2) is 48.5 Å². The standard InChI is InChI=1S/C17H17ClN2O2/c1-11(2)19-16(21)12-6-5-7-13(10-12)17(22)20-15-9-4-3-8-14(15)18/h3-11H,1-2H3,(H,19,21)(H,20,22). The van der Waals surface area contributed by atoms with Crippen molar-refractivity contribution in [3.05, 3.63) is 64.7 Å². The van der Waals surface area contributed by atoms with Crippen LogP contribution < -0.4 is 10.6 Å². The molecule has 2 aromatic rings. The van der Waals surface area contributed by atoms with Gasteiger partial charge in [-0.1, -0.05) is 29.8 Å². The molecular weight excluding hydrogens is 300 g/mol. The van der Waals surface area contributed by atoms with Gasteiger partial charge in [-0.05, 0) is 44.2 Å². The first-order chi connectivity index (χ1) is 10.5. The van der Waals surface area contributed by atoms with Crippen LogP contribution in [0.25, 0.3) is 0 Å². The highest BCUT2D eigenvalue weighted by Crippen LogP contribution is 2.21. The molecule has 0 aliphatic rings. The van der Waals surface area contributed by atoms with Gasteiger partial charge in [0.15, 0.2) is 0 Å². The van der Waals surface area contributed by atoms with Gasteiger partial charge in [0.2, 0.25) is 0 Å². The smallest absolute Gasteiger partial charge is 0.255 e. The summed E-state index contributed by atoms with van der Waals surface area (Å²) in [6.45, 7) is 3.76. The van der Waals surface area contributed by atoms with E-state index in [1.165, 1.54) is 0 Å². The van der Waals surface area contributed by atoms with Gasteiger partial charge in [-0.25, -0.2) is 0 Å². The van der Waals surface area contributed by atoms with Crippen molar-refractivity contribution in [1.82, 2.24) is 5.32 Å². The van der Waals surface area contributed by atoms with Gasteiger partial charge in [-0.3, -0.25) is 9.59 Å². The molecule has 2 aromatic carbocycles. The zero-order valence-electron chi connectivity index (χ0n) is 12.4. The van der Waals surface area contributed by atoms with Crippen LogP contribution in [0.1, 0.15) is 34.6 Å². The second-order valence-corrected chi connectivity index (χ2v) is 5.55. The van der Waals surface area contributed by atoms with Crippen molar-refractivity contribution in [3.8, 4) is 0 Å². The largest absolute Gasteiger partial charge is 0.350 e. The van der Waals surface area contributed by atoms with E-state index in [-0.39, 0.29) is 17.9 Å². The van der Waals surface area contributed by atoms with E-state index in [9.17, 15) is 9.59 Å². The fraction of sp³-hybridized carbons (Fsp3) is 0.176. The maximum atomic E-state index is 12.3. The highest BCUT2D eigenvalue weighted by Gasteiger charge is 2.12. The van der Waals surface area contributed by atoms with Crippen molar-refractivity contribution < 1.29 is 9.59 Å². The maximum absolute atomic E-state index is 12.3. The molecule has 2 amide bonds. The lowest BCUT2D eigenvalue weighted by Crippen LogP contribution is -2.30. The molecule has 0 aromatic heterocycles. The summed E-state index contributed by atoms with van der Waals surface area (Å²) in [6, 6.07) is 13.6. The summed E-state index contributed by atoms with van der Waals surface area (Å²) in [7, 11) is 0. The zero-order valence-corrected chi connectivity index (χ0v) is 13.1.